The maximum Gasteiger partial charge on any atom is 1.00 e. The Hall–Kier alpha value is -0.01000. The van der Waals surface area contributed by atoms with Gasteiger partial charge in [-0.1, -0.05) is 28.2 Å². The number of nitrogens with one attached hydrogen (secondary N) is 1. The van der Waals surface area contributed by atoms with Crippen molar-refractivity contribution in [2.45, 2.75) is 4.84 Å². The average Bonchev–Trinajstić information content (AvgIpc) is 2.06. The van der Waals surface area contributed by atoms with Crippen LogP contribution in [0, 0.1) is 22.7 Å². The molecule has 0 saturated heterocycles. The molecule has 0 fully saturated rings. The standard InChI is InChI=1S/C6H3Cl2N3OS.Na/c7-4(8)5(12)11-6(13)3(1-9)2-10;/h4,13H,(H,11,12);/q;+1/p-1. The van der Waals surface area contributed by atoms with Gasteiger partial charge in [-0.25, -0.2) is 0 Å². The van der Waals surface area contributed by atoms with Crippen molar-refractivity contribution in [1.82, 2.24) is 5.32 Å². The van der Waals surface area contributed by atoms with Crippen molar-refractivity contribution in [2.24, 2.45) is 0 Å². The first kappa shape index (κ1) is 16.4. The van der Waals surface area contributed by atoms with Gasteiger partial charge in [0.1, 0.15) is 17.7 Å². The van der Waals surface area contributed by atoms with Crippen molar-refractivity contribution in [1.29, 1.82) is 10.5 Å². The summed E-state index contributed by atoms with van der Waals surface area (Å²) in [6.07, 6.45) is 0. The number of hydrogen-bond acceptors (Lipinski definition) is 4. The molecular weight excluding hydrogens is 256 g/mol. The third-order valence-electron chi connectivity index (χ3n) is 0.886. The van der Waals surface area contributed by atoms with Crippen molar-refractivity contribution in [3.63, 3.8) is 0 Å². The second-order valence-electron chi connectivity index (χ2n) is 1.72. The Kier molecular flexibility index (Phi) is 9.75. The summed E-state index contributed by atoms with van der Waals surface area (Å²) < 4.78 is 0. The van der Waals surface area contributed by atoms with Crippen LogP contribution < -0.4 is 34.9 Å². The first-order valence-electron chi connectivity index (χ1n) is 2.83. The van der Waals surface area contributed by atoms with Gasteiger partial charge in [-0.15, -0.1) is 0 Å². The van der Waals surface area contributed by atoms with Crippen molar-refractivity contribution >= 4 is 41.7 Å². The molecule has 68 valence electrons. The van der Waals surface area contributed by atoms with Gasteiger partial charge in [-0.3, -0.25) is 4.79 Å². The van der Waals surface area contributed by atoms with E-state index in [0.29, 0.717) is 0 Å². The Morgan fingerprint density at radius 3 is 2.07 bits per heavy atom. The fourth-order valence-corrected chi connectivity index (χ4v) is 0.656. The van der Waals surface area contributed by atoms with Gasteiger partial charge in [0, 0.05) is 0 Å². The Morgan fingerprint density at radius 1 is 1.36 bits per heavy atom. The van der Waals surface area contributed by atoms with Crippen LogP contribution in [0.4, 0.5) is 0 Å². The van der Waals surface area contributed by atoms with Crippen molar-refractivity contribution in [3.05, 3.63) is 10.6 Å². The second-order valence-corrected chi connectivity index (χ2v) is 3.22. The number of carbonyl (C=O) groups is 1. The summed E-state index contributed by atoms with van der Waals surface area (Å²) in [6.45, 7) is 0. The molecule has 0 radical (unpaired) electrons. The second kappa shape index (κ2) is 8.31. The first-order valence-corrected chi connectivity index (χ1v) is 4.11. The first-order chi connectivity index (χ1) is 6.02. The normalized spacial score (nSPS) is 7.79. The Labute approximate surface area is 119 Å². The summed E-state index contributed by atoms with van der Waals surface area (Å²) in [5.41, 5.74) is -0.364. The Morgan fingerprint density at radius 2 is 1.79 bits per heavy atom. The molecule has 8 heteroatoms. The maximum atomic E-state index is 10.8. The van der Waals surface area contributed by atoms with Gasteiger partial charge in [-0.05, 0) is 0 Å². The number of halogens is 2. The van der Waals surface area contributed by atoms with E-state index in [1.54, 1.807) is 0 Å². The summed E-state index contributed by atoms with van der Waals surface area (Å²) in [6, 6.07) is 3.02. The molecule has 0 atom stereocenters. The van der Waals surface area contributed by atoms with Gasteiger partial charge in [0.25, 0.3) is 5.91 Å². The van der Waals surface area contributed by atoms with Crippen LogP contribution in [0.5, 0.6) is 0 Å². The fraction of sp³-hybridized carbons (Fsp3) is 0.167. The van der Waals surface area contributed by atoms with Crippen molar-refractivity contribution in [3.8, 4) is 12.1 Å². The molecular formula is C6H2Cl2N3NaOS. The van der Waals surface area contributed by atoms with E-state index >= 15 is 0 Å². The van der Waals surface area contributed by atoms with Crippen LogP contribution in [0.15, 0.2) is 10.6 Å². The van der Waals surface area contributed by atoms with Crippen LogP contribution in [0.2, 0.25) is 0 Å². The zero-order chi connectivity index (χ0) is 10.4. The summed E-state index contributed by atoms with van der Waals surface area (Å²) >= 11 is 14.9. The largest absolute Gasteiger partial charge is 1.00 e. The Balaban J connectivity index is 0. The minimum Gasteiger partial charge on any atom is -0.760 e. The molecule has 0 aromatic carbocycles. The van der Waals surface area contributed by atoms with Gasteiger partial charge < -0.3 is 17.9 Å². The number of amides is 1. The van der Waals surface area contributed by atoms with Gasteiger partial charge in [0.05, 0.1) is 0 Å². The minimum absolute atomic E-state index is 0. The maximum absolute atomic E-state index is 10.8. The molecule has 0 unspecified atom stereocenters. The van der Waals surface area contributed by atoms with Crippen LogP contribution >= 0.6 is 23.2 Å². The molecule has 0 aliphatic heterocycles. The quantitative estimate of drug-likeness (QED) is 0.262. The van der Waals surface area contributed by atoms with E-state index in [-0.39, 0.29) is 40.2 Å². The van der Waals surface area contributed by atoms with E-state index < -0.39 is 10.7 Å². The fourth-order valence-electron chi connectivity index (χ4n) is 0.355. The van der Waals surface area contributed by atoms with Gasteiger partial charge in [0.15, 0.2) is 4.84 Å². The summed E-state index contributed by atoms with van der Waals surface area (Å²) in [7, 11) is 0. The SMILES string of the molecule is N#CC(C#N)=C([S-])NC(=O)C(Cl)Cl.[Na+]. The van der Waals surface area contributed by atoms with E-state index in [0.717, 1.165) is 0 Å². The van der Waals surface area contributed by atoms with Crippen LogP contribution in [-0.4, -0.2) is 10.7 Å². The van der Waals surface area contributed by atoms with E-state index in [1.807, 2.05) is 5.32 Å². The minimum atomic E-state index is -1.28. The molecule has 0 aromatic heterocycles. The van der Waals surface area contributed by atoms with Crippen molar-refractivity contribution in [2.75, 3.05) is 0 Å². The molecule has 0 heterocycles. The van der Waals surface area contributed by atoms with Gasteiger partial charge >= 0.3 is 29.6 Å². The molecule has 0 aliphatic carbocycles. The molecule has 0 aliphatic rings. The van der Waals surface area contributed by atoms with Gasteiger partial charge in [-0.2, -0.15) is 10.5 Å². The third-order valence-corrected chi connectivity index (χ3v) is 1.59. The molecule has 0 aromatic rings. The number of alkyl halides is 2. The van der Waals surface area contributed by atoms with E-state index in [1.165, 1.54) is 12.1 Å². The average molecular weight is 258 g/mol. The summed E-state index contributed by atoms with van der Waals surface area (Å²) in [5, 5.41) is 18.4. The summed E-state index contributed by atoms with van der Waals surface area (Å²) in [5.74, 6) is -0.767. The molecule has 0 spiro atoms. The number of allylic oxidation sites excluding steroid dienone is 1. The van der Waals surface area contributed by atoms with E-state index in [2.05, 4.69) is 12.6 Å². The number of rotatable bonds is 2. The third kappa shape index (κ3) is 5.66. The predicted octanol–water partition coefficient (Wildman–Crippen LogP) is -2.28. The molecule has 1 N–H and O–H groups in total. The van der Waals surface area contributed by atoms with Crippen LogP contribution in [0.3, 0.4) is 0 Å². The Bertz CT molecular complexity index is 315. The van der Waals surface area contributed by atoms with Crippen LogP contribution in [-0.2, 0) is 17.4 Å². The monoisotopic (exact) mass is 257 g/mol. The smallest absolute Gasteiger partial charge is 0.760 e. The van der Waals surface area contributed by atoms with Crippen molar-refractivity contribution < 1.29 is 34.4 Å². The molecule has 1 amide bonds. The zero-order valence-corrected chi connectivity index (χ0v) is 11.4. The van der Waals surface area contributed by atoms with E-state index in [4.69, 9.17) is 33.7 Å². The van der Waals surface area contributed by atoms with Crippen LogP contribution in [0.25, 0.3) is 0 Å². The predicted molar refractivity (Wildman–Crippen MR) is 49.3 cm³/mol. The van der Waals surface area contributed by atoms with Gasteiger partial charge in [0.2, 0.25) is 0 Å². The molecule has 0 saturated carbocycles. The number of nitrogens with zero attached hydrogens (tertiary/aromatic N) is 2. The van der Waals surface area contributed by atoms with Crippen LogP contribution in [0.1, 0.15) is 0 Å². The molecule has 0 bridgehead atoms. The topological polar surface area (TPSA) is 76.7 Å². The number of carbonyl (C=O) groups excluding carboxylic acids is 1. The zero-order valence-electron chi connectivity index (χ0n) is 7.04. The molecule has 4 nitrogen and oxygen atoms in total. The number of hydrogen-bond donors (Lipinski definition) is 1. The number of nitriles is 2. The van der Waals surface area contributed by atoms with E-state index in [9.17, 15) is 4.79 Å². The molecule has 14 heavy (non-hydrogen) atoms. The molecule has 0 rings (SSSR count). The summed E-state index contributed by atoms with van der Waals surface area (Å²) in [4.78, 5) is 9.51.